The van der Waals surface area contributed by atoms with E-state index < -0.39 is 29.5 Å². The summed E-state index contributed by atoms with van der Waals surface area (Å²) in [6.07, 6.45) is -2.06. The third-order valence-corrected chi connectivity index (χ3v) is 6.35. The Labute approximate surface area is 214 Å². The van der Waals surface area contributed by atoms with Crippen molar-refractivity contribution in [3.63, 3.8) is 0 Å². The summed E-state index contributed by atoms with van der Waals surface area (Å²) in [4.78, 5) is 28.5. The number of hydrogen-bond acceptors (Lipinski definition) is 7. The zero-order valence-corrected chi connectivity index (χ0v) is 19.8. The molecule has 3 N–H and O–H groups in total. The maximum atomic E-state index is 13.5. The van der Waals surface area contributed by atoms with Crippen LogP contribution >= 0.6 is 11.3 Å². The number of ether oxygens (including phenoxy) is 1. The molecular formula is C24H15F4N5O4S. The molecule has 9 nitrogen and oxygen atoms in total. The Morgan fingerprint density at radius 1 is 1.16 bits per heavy atom. The molecule has 194 valence electrons. The van der Waals surface area contributed by atoms with E-state index in [4.69, 9.17) is 14.9 Å². The Morgan fingerprint density at radius 3 is 2.58 bits per heavy atom. The first kappa shape index (κ1) is 25.0. The van der Waals surface area contributed by atoms with E-state index >= 15 is 0 Å². The van der Waals surface area contributed by atoms with Gasteiger partial charge in [-0.15, -0.1) is 11.3 Å². The van der Waals surface area contributed by atoms with E-state index in [1.54, 1.807) is 0 Å². The van der Waals surface area contributed by atoms with Gasteiger partial charge in [0.2, 0.25) is 0 Å². The summed E-state index contributed by atoms with van der Waals surface area (Å²) in [6.45, 7) is -0.0976. The summed E-state index contributed by atoms with van der Waals surface area (Å²) >= 11 is 0.608. The van der Waals surface area contributed by atoms with Crippen molar-refractivity contribution in [3.8, 4) is 17.1 Å². The predicted octanol–water partition coefficient (Wildman–Crippen LogP) is 5.30. The van der Waals surface area contributed by atoms with Gasteiger partial charge in [0.25, 0.3) is 11.8 Å². The summed E-state index contributed by atoms with van der Waals surface area (Å²) in [5.41, 5.74) is 4.04. The number of hydrogen-bond donors (Lipinski definition) is 2. The van der Waals surface area contributed by atoms with Gasteiger partial charge < -0.3 is 20.2 Å². The van der Waals surface area contributed by atoms with E-state index in [-0.39, 0.29) is 44.5 Å². The first-order chi connectivity index (χ1) is 18.1. The molecule has 4 heterocycles. The largest absolute Gasteiger partial charge is 0.471 e. The van der Waals surface area contributed by atoms with Crippen molar-refractivity contribution >= 4 is 39.1 Å². The smallest absolute Gasteiger partial charge is 0.433 e. The molecule has 0 fully saturated rings. The molecular weight excluding hydrogens is 530 g/mol. The number of nitrogens with zero attached hydrogens (tertiary/aromatic N) is 3. The number of aromatic nitrogens is 3. The number of halogens is 4. The zero-order valence-electron chi connectivity index (χ0n) is 19.0. The van der Waals surface area contributed by atoms with Crippen LogP contribution in [0.15, 0.2) is 65.4 Å². The maximum absolute atomic E-state index is 13.5. The number of amides is 2. The number of carbonyl (C=O) groups is 2. The normalized spacial score (nSPS) is 11.6. The highest BCUT2D eigenvalue weighted by molar-refractivity contribution is 7.21. The van der Waals surface area contributed by atoms with Gasteiger partial charge in [-0.1, -0.05) is 0 Å². The fourth-order valence-corrected chi connectivity index (χ4v) is 4.57. The lowest BCUT2D eigenvalue weighted by molar-refractivity contribution is -0.140. The van der Waals surface area contributed by atoms with E-state index in [1.807, 2.05) is 0 Å². The van der Waals surface area contributed by atoms with Crippen LogP contribution in [-0.4, -0.2) is 26.6 Å². The molecule has 5 rings (SSSR count). The van der Waals surface area contributed by atoms with E-state index in [0.717, 1.165) is 6.07 Å². The van der Waals surface area contributed by atoms with Crippen molar-refractivity contribution in [2.75, 3.05) is 5.32 Å². The van der Waals surface area contributed by atoms with Crippen molar-refractivity contribution in [2.45, 2.75) is 12.9 Å². The molecule has 2 amide bonds. The maximum Gasteiger partial charge on any atom is 0.433 e. The van der Waals surface area contributed by atoms with Crippen LogP contribution in [-0.2, 0) is 12.9 Å². The SMILES string of the molecule is NC(=O)c1sc2nc(C(F)(F)F)cc(-c3ccco3)c2c1NC(=O)c1ccn(COc2ccc(F)cc2)n1. The van der Waals surface area contributed by atoms with Crippen molar-refractivity contribution in [3.05, 3.63) is 83.1 Å². The molecule has 0 saturated heterocycles. The number of pyridine rings is 1. The number of nitrogens with one attached hydrogen (secondary N) is 1. The molecule has 38 heavy (non-hydrogen) atoms. The number of benzene rings is 1. The number of primary amides is 1. The van der Waals surface area contributed by atoms with Crippen LogP contribution in [0.3, 0.4) is 0 Å². The van der Waals surface area contributed by atoms with Gasteiger partial charge in [0.15, 0.2) is 12.4 Å². The first-order valence-corrected chi connectivity index (χ1v) is 11.5. The second-order valence-electron chi connectivity index (χ2n) is 7.80. The molecule has 0 aliphatic carbocycles. The lowest BCUT2D eigenvalue weighted by Gasteiger charge is -2.10. The molecule has 5 aromatic rings. The number of thiophene rings is 1. The molecule has 0 atom stereocenters. The van der Waals surface area contributed by atoms with Crippen LogP contribution in [0.1, 0.15) is 25.9 Å². The summed E-state index contributed by atoms with van der Waals surface area (Å²) in [7, 11) is 0. The molecule has 4 aromatic heterocycles. The van der Waals surface area contributed by atoms with Crippen molar-refractivity contribution in [1.82, 2.24) is 14.8 Å². The van der Waals surface area contributed by atoms with E-state index in [9.17, 15) is 27.2 Å². The van der Waals surface area contributed by atoms with Crippen LogP contribution in [0.4, 0.5) is 23.2 Å². The van der Waals surface area contributed by atoms with Crippen LogP contribution in [0.5, 0.6) is 5.75 Å². The molecule has 14 heteroatoms. The molecule has 0 aliphatic rings. The highest BCUT2D eigenvalue weighted by atomic mass is 32.1. The Bertz CT molecular complexity index is 1640. The Hall–Kier alpha value is -4.72. The fraction of sp³-hybridized carbons (Fsp3) is 0.0833. The summed E-state index contributed by atoms with van der Waals surface area (Å²) in [5.74, 6) is -1.72. The average molecular weight is 545 g/mol. The number of anilines is 1. The van der Waals surface area contributed by atoms with Gasteiger partial charge in [0.1, 0.15) is 32.7 Å². The van der Waals surface area contributed by atoms with Crippen molar-refractivity contribution in [2.24, 2.45) is 5.73 Å². The average Bonchev–Trinajstić information content (AvgIpc) is 3.63. The van der Waals surface area contributed by atoms with E-state index in [1.165, 1.54) is 59.6 Å². The number of rotatable bonds is 7. The predicted molar refractivity (Wildman–Crippen MR) is 128 cm³/mol. The monoisotopic (exact) mass is 545 g/mol. The number of furan rings is 1. The molecule has 0 aliphatic heterocycles. The number of fused-ring (bicyclic) bond motifs is 1. The zero-order chi connectivity index (χ0) is 27.0. The van der Waals surface area contributed by atoms with E-state index in [2.05, 4.69) is 15.4 Å². The summed E-state index contributed by atoms with van der Waals surface area (Å²) in [5, 5.41) is 6.70. The van der Waals surface area contributed by atoms with Crippen LogP contribution in [0, 0.1) is 5.82 Å². The second-order valence-corrected chi connectivity index (χ2v) is 8.80. The van der Waals surface area contributed by atoms with Crippen molar-refractivity contribution in [1.29, 1.82) is 0 Å². The lowest BCUT2D eigenvalue weighted by atomic mass is 10.1. The third-order valence-electron chi connectivity index (χ3n) is 5.25. The van der Waals surface area contributed by atoms with Crippen molar-refractivity contribution < 1.29 is 36.3 Å². The Balaban J connectivity index is 1.49. The molecule has 0 saturated carbocycles. The number of carbonyl (C=O) groups excluding carboxylic acids is 2. The topological polar surface area (TPSA) is 125 Å². The molecule has 0 radical (unpaired) electrons. The molecule has 1 aromatic carbocycles. The van der Waals surface area contributed by atoms with Crippen LogP contribution in [0.25, 0.3) is 21.5 Å². The summed E-state index contributed by atoms with van der Waals surface area (Å²) in [6, 6.07) is 10.4. The van der Waals surface area contributed by atoms with Gasteiger partial charge in [-0.3, -0.25) is 9.59 Å². The standard InChI is InChI=1S/C24H15F4N5O4S/c25-12-3-5-13(6-4-12)37-11-33-8-7-15(32-33)22(35)31-19-18-14(16-2-1-9-36-16)10-17(24(26,27)28)30-23(18)38-20(19)21(29)34/h1-10H,11H2,(H2,29,34)(H,31,35). The van der Waals surface area contributed by atoms with Gasteiger partial charge in [-0.2, -0.15) is 18.3 Å². The first-order valence-electron chi connectivity index (χ1n) is 10.7. The minimum atomic E-state index is -4.78. The minimum absolute atomic E-state index is 0.0374. The Kier molecular flexibility index (Phi) is 6.32. The number of nitrogens with two attached hydrogens (primary N) is 1. The quantitative estimate of drug-likeness (QED) is 0.268. The molecule has 0 bridgehead atoms. The molecule has 0 spiro atoms. The number of alkyl halides is 3. The second kappa shape index (κ2) is 9.63. The highest BCUT2D eigenvalue weighted by Gasteiger charge is 2.35. The van der Waals surface area contributed by atoms with Crippen LogP contribution in [0.2, 0.25) is 0 Å². The molecule has 0 unspecified atom stereocenters. The van der Waals surface area contributed by atoms with Gasteiger partial charge >= 0.3 is 6.18 Å². The van der Waals surface area contributed by atoms with Crippen LogP contribution < -0.4 is 15.8 Å². The third kappa shape index (κ3) is 4.93. The van der Waals surface area contributed by atoms with Gasteiger partial charge in [-0.05, 0) is 48.5 Å². The van der Waals surface area contributed by atoms with E-state index in [0.29, 0.717) is 17.1 Å². The lowest BCUT2D eigenvalue weighted by Crippen LogP contribution is -2.18. The van der Waals surface area contributed by atoms with Gasteiger partial charge in [0, 0.05) is 17.1 Å². The van der Waals surface area contributed by atoms with Gasteiger partial charge in [0.05, 0.1) is 12.0 Å². The van der Waals surface area contributed by atoms with Gasteiger partial charge in [-0.25, -0.2) is 14.1 Å². The Morgan fingerprint density at radius 2 is 1.92 bits per heavy atom. The minimum Gasteiger partial charge on any atom is -0.471 e. The highest BCUT2D eigenvalue weighted by Crippen LogP contribution is 2.43. The summed E-state index contributed by atoms with van der Waals surface area (Å²) < 4.78 is 65.8. The fourth-order valence-electron chi connectivity index (χ4n) is 3.57.